The Balaban J connectivity index is 1.95. The highest BCUT2D eigenvalue weighted by Crippen LogP contribution is 2.39. The van der Waals surface area contributed by atoms with E-state index in [0.717, 1.165) is 24.9 Å². The number of hydrogen-bond acceptors (Lipinski definition) is 6. The summed E-state index contributed by atoms with van der Waals surface area (Å²) in [6.45, 7) is 0.789. The van der Waals surface area contributed by atoms with Gasteiger partial charge in [-0.1, -0.05) is 30.3 Å². The van der Waals surface area contributed by atoms with E-state index in [4.69, 9.17) is 18.9 Å². The molecule has 1 saturated heterocycles. The van der Waals surface area contributed by atoms with Crippen LogP contribution in [0.25, 0.3) is 0 Å². The molecule has 1 aliphatic heterocycles. The van der Waals surface area contributed by atoms with E-state index in [1.165, 1.54) is 21.3 Å². The lowest BCUT2D eigenvalue weighted by Gasteiger charge is -2.38. The smallest absolute Gasteiger partial charge is 0.340 e. The second-order valence-corrected chi connectivity index (χ2v) is 6.38. The van der Waals surface area contributed by atoms with Crippen molar-refractivity contribution in [2.24, 2.45) is 0 Å². The predicted molar refractivity (Wildman–Crippen MR) is 101 cm³/mol. The zero-order chi connectivity index (χ0) is 19.3. The van der Waals surface area contributed by atoms with Crippen molar-refractivity contribution >= 4 is 5.97 Å². The third kappa shape index (κ3) is 3.85. The minimum Gasteiger partial charge on any atom is -0.493 e. The number of piperidine rings is 1. The summed E-state index contributed by atoms with van der Waals surface area (Å²) in [6.07, 6.45) is 2.74. The van der Waals surface area contributed by atoms with Gasteiger partial charge >= 0.3 is 5.97 Å². The van der Waals surface area contributed by atoms with Crippen molar-refractivity contribution in [1.82, 2.24) is 5.32 Å². The quantitative estimate of drug-likeness (QED) is 0.784. The lowest BCUT2D eigenvalue weighted by Crippen LogP contribution is -2.49. The SMILES string of the molecule is COc1cc(C(=O)OC2(c3ccccc3)CCCCN2)cc(OC)c1OC. The Morgan fingerprint density at radius 1 is 0.963 bits per heavy atom. The van der Waals surface area contributed by atoms with Crippen molar-refractivity contribution in [2.45, 2.75) is 25.0 Å². The van der Waals surface area contributed by atoms with E-state index in [0.29, 0.717) is 29.2 Å². The molecule has 0 aliphatic carbocycles. The molecule has 1 atom stereocenters. The molecule has 1 unspecified atom stereocenters. The van der Waals surface area contributed by atoms with Crippen molar-refractivity contribution in [2.75, 3.05) is 27.9 Å². The summed E-state index contributed by atoms with van der Waals surface area (Å²) in [4.78, 5) is 13.0. The van der Waals surface area contributed by atoms with Gasteiger partial charge in [0.15, 0.2) is 17.2 Å². The molecular weight excluding hydrogens is 346 g/mol. The Labute approximate surface area is 159 Å². The van der Waals surface area contributed by atoms with Gasteiger partial charge in [-0.2, -0.15) is 0 Å². The fourth-order valence-corrected chi connectivity index (χ4v) is 3.39. The normalized spacial score (nSPS) is 19.2. The minimum atomic E-state index is -0.836. The van der Waals surface area contributed by atoms with E-state index in [-0.39, 0.29) is 0 Å². The monoisotopic (exact) mass is 371 g/mol. The third-order valence-corrected chi connectivity index (χ3v) is 4.77. The van der Waals surface area contributed by atoms with Gasteiger partial charge in [-0.05, 0) is 31.5 Å². The van der Waals surface area contributed by atoms with E-state index in [9.17, 15) is 4.79 Å². The first kappa shape index (κ1) is 19.0. The molecule has 1 heterocycles. The first-order valence-corrected chi connectivity index (χ1v) is 8.97. The number of ether oxygens (including phenoxy) is 4. The van der Waals surface area contributed by atoms with Crippen LogP contribution < -0.4 is 19.5 Å². The molecule has 27 heavy (non-hydrogen) atoms. The van der Waals surface area contributed by atoms with Crippen LogP contribution in [0.1, 0.15) is 35.2 Å². The summed E-state index contributed by atoms with van der Waals surface area (Å²) in [5.41, 5.74) is 0.439. The standard InChI is InChI=1S/C21H25NO5/c1-24-17-13-15(14-18(25-2)19(17)26-3)20(23)27-21(11-7-8-12-22-21)16-9-5-4-6-10-16/h4-6,9-10,13-14,22H,7-8,11-12H2,1-3H3. The molecule has 2 aromatic rings. The maximum Gasteiger partial charge on any atom is 0.340 e. The highest BCUT2D eigenvalue weighted by molar-refractivity contribution is 5.91. The second kappa shape index (κ2) is 8.31. The Morgan fingerprint density at radius 3 is 2.15 bits per heavy atom. The summed E-state index contributed by atoms with van der Waals surface area (Å²) in [6, 6.07) is 13.0. The third-order valence-electron chi connectivity index (χ3n) is 4.77. The van der Waals surface area contributed by atoms with Crippen LogP contribution in [0.3, 0.4) is 0 Å². The molecule has 6 nitrogen and oxygen atoms in total. The molecule has 0 aromatic heterocycles. The molecule has 1 fully saturated rings. The van der Waals surface area contributed by atoms with Gasteiger partial charge in [0.1, 0.15) is 0 Å². The summed E-state index contributed by atoms with van der Waals surface area (Å²) in [7, 11) is 4.55. The van der Waals surface area contributed by atoms with Gasteiger partial charge in [-0.3, -0.25) is 5.32 Å². The number of rotatable bonds is 6. The molecule has 3 rings (SSSR count). The van der Waals surface area contributed by atoms with Crippen molar-refractivity contribution in [3.63, 3.8) is 0 Å². The Morgan fingerprint density at radius 2 is 1.63 bits per heavy atom. The van der Waals surface area contributed by atoms with Crippen molar-refractivity contribution in [1.29, 1.82) is 0 Å². The molecule has 0 spiro atoms. The lowest BCUT2D eigenvalue weighted by atomic mass is 9.93. The molecular formula is C21H25NO5. The van der Waals surface area contributed by atoms with Crippen LogP contribution in [0, 0.1) is 0 Å². The summed E-state index contributed by atoms with van der Waals surface area (Å²) < 4.78 is 22.0. The van der Waals surface area contributed by atoms with Gasteiger partial charge in [0.05, 0.1) is 26.9 Å². The number of nitrogens with one attached hydrogen (secondary N) is 1. The fraction of sp³-hybridized carbons (Fsp3) is 0.381. The Bertz CT molecular complexity index is 759. The Hall–Kier alpha value is -2.73. The Kier molecular flexibility index (Phi) is 5.86. The number of carbonyl (C=O) groups excluding carboxylic acids is 1. The van der Waals surface area contributed by atoms with Gasteiger partial charge in [-0.15, -0.1) is 0 Å². The first-order valence-electron chi connectivity index (χ1n) is 8.97. The zero-order valence-electron chi connectivity index (χ0n) is 15.9. The van der Waals surface area contributed by atoms with Crippen molar-refractivity contribution in [3.8, 4) is 17.2 Å². The summed E-state index contributed by atoms with van der Waals surface area (Å²) in [5.74, 6) is 0.806. The topological polar surface area (TPSA) is 66.0 Å². The van der Waals surface area contributed by atoms with Gasteiger partial charge in [0.25, 0.3) is 0 Å². The largest absolute Gasteiger partial charge is 0.493 e. The highest BCUT2D eigenvalue weighted by Gasteiger charge is 2.38. The van der Waals surface area contributed by atoms with E-state index < -0.39 is 11.7 Å². The molecule has 0 radical (unpaired) electrons. The van der Waals surface area contributed by atoms with Gasteiger partial charge in [0.2, 0.25) is 5.75 Å². The minimum absolute atomic E-state index is 0.340. The van der Waals surface area contributed by atoms with E-state index in [2.05, 4.69) is 5.32 Å². The van der Waals surface area contributed by atoms with Gasteiger partial charge < -0.3 is 18.9 Å². The second-order valence-electron chi connectivity index (χ2n) is 6.38. The van der Waals surface area contributed by atoms with Crippen LogP contribution in [0.15, 0.2) is 42.5 Å². The molecule has 6 heteroatoms. The number of esters is 1. The highest BCUT2D eigenvalue weighted by atomic mass is 16.6. The zero-order valence-corrected chi connectivity index (χ0v) is 15.9. The number of methoxy groups -OCH3 is 3. The van der Waals surface area contributed by atoms with Crippen LogP contribution >= 0.6 is 0 Å². The van der Waals surface area contributed by atoms with Crippen LogP contribution in [0.4, 0.5) is 0 Å². The maximum atomic E-state index is 13.0. The number of carbonyl (C=O) groups is 1. The average molecular weight is 371 g/mol. The molecule has 0 bridgehead atoms. The van der Waals surface area contributed by atoms with Crippen LogP contribution in [-0.2, 0) is 10.5 Å². The summed E-state index contributed by atoms with van der Waals surface area (Å²) in [5, 5.41) is 3.40. The summed E-state index contributed by atoms with van der Waals surface area (Å²) >= 11 is 0. The van der Waals surface area contributed by atoms with E-state index in [1.807, 2.05) is 30.3 Å². The van der Waals surface area contributed by atoms with Crippen LogP contribution in [0.5, 0.6) is 17.2 Å². The van der Waals surface area contributed by atoms with Crippen molar-refractivity contribution in [3.05, 3.63) is 53.6 Å². The molecule has 144 valence electrons. The molecule has 1 N–H and O–H groups in total. The van der Waals surface area contributed by atoms with Gasteiger partial charge in [-0.25, -0.2) is 4.79 Å². The average Bonchev–Trinajstić information content (AvgIpc) is 2.73. The van der Waals surface area contributed by atoms with Crippen LogP contribution in [0.2, 0.25) is 0 Å². The lowest BCUT2D eigenvalue weighted by molar-refractivity contribution is -0.0568. The molecule has 2 aromatic carbocycles. The predicted octanol–water partition coefficient (Wildman–Crippen LogP) is 3.50. The first-order chi connectivity index (χ1) is 13.1. The fourth-order valence-electron chi connectivity index (χ4n) is 3.39. The van der Waals surface area contributed by atoms with E-state index in [1.54, 1.807) is 12.1 Å². The molecule has 0 saturated carbocycles. The maximum absolute atomic E-state index is 13.0. The van der Waals surface area contributed by atoms with Crippen molar-refractivity contribution < 1.29 is 23.7 Å². The number of benzene rings is 2. The van der Waals surface area contributed by atoms with Crippen LogP contribution in [-0.4, -0.2) is 33.8 Å². The van der Waals surface area contributed by atoms with Gasteiger partial charge in [0, 0.05) is 12.0 Å². The number of hydrogen-bond donors (Lipinski definition) is 1. The molecule has 0 amide bonds. The molecule has 1 aliphatic rings. The van der Waals surface area contributed by atoms with E-state index >= 15 is 0 Å².